The van der Waals surface area contributed by atoms with Gasteiger partial charge in [-0.1, -0.05) is 157 Å². The molecule has 5 fully saturated rings. The topological polar surface area (TPSA) is 369 Å². The highest BCUT2D eigenvalue weighted by atomic mass is 35.5. The fourth-order valence-corrected chi connectivity index (χ4v) is 32.9. The number of aryl methyl sites for hydroxylation is 5. The molecule has 0 bridgehead atoms. The van der Waals surface area contributed by atoms with Crippen LogP contribution >= 0.6 is 80.4 Å². The van der Waals surface area contributed by atoms with Crippen LogP contribution in [0.15, 0.2) is 217 Å². The number of cyclic esters (lactones) is 5. The summed E-state index contributed by atoms with van der Waals surface area (Å²) in [5.41, 5.74) is 14.2. The third-order valence-corrected chi connectivity index (χ3v) is 42.0. The Bertz CT molecular complexity index is 7870. The Morgan fingerprint density at radius 3 is 0.980 bits per heavy atom. The lowest BCUT2D eigenvalue weighted by atomic mass is 10.00. The minimum Gasteiger partial charge on any atom is -0.444 e. The van der Waals surface area contributed by atoms with Crippen LogP contribution in [0.4, 0.5) is 52.4 Å². The second-order valence-electron chi connectivity index (χ2n) is 37.2. The van der Waals surface area contributed by atoms with Crippen molar-refractivity contribution in [3.63, 3.8) is 0 Å². The Morgan fingerprint density at radius 1 is 0.338 bits per heavy atom. The Morgan fingerprint density at radius 2 is 0.642 bits per heavy atom. The van der Waals surface area contributed by atoms with E-state index in [2.05, 4.69) is 9.97 Å². The summed E-state index contributed by atoms with van der Waals surface area (Å²) in [6, 6.07) is 49.6. The number of thiophene rings is 1. The number of imidazole rings is 2. The number of anilines is 5. The molecular weight excluding hydrogens is 2140 g/mol. The molecule has 0 spiro atoms. The molecule has 0 aliphatic carbocycles. The number of para-hydroxylation sites is 3. The first-order valence-electron chi connectivity index (χ1n) is 48.5. The number of hydrogen-bond acceptors (Lipinski definition) is 25. The van der Waals surface area contributed by atoms with Crippen molar-refractivity contribution in [2.45, 2.75) is 200 Å². The van der Waals surface area contributed by atoms with Crippen molar-refractivity contribution in [2.75, 3.05) is 89.9 Å². The lowest BCUT2D eigenvalue weighted by Gasteiger charge is -2.40. The summed E-state index contributed by atoms with van der Waals surface area (Å²) >= 11 is 28.5. The molecule has 0 atom stereocenters. The first-order valence-corrected chi connectivity index (χ1v) is 59.9. The first-order chi connectivity index (χ1) is 71.0. The zero-order valence-corrected chi connectivity index (χ0v) is 90.7. The zero-order chi connectivity index (χ0) is 104. The molecule has 0 saturated carbocycles. The van der Waals surface area contributed by atoms with E-state index < -0.39 is 62.3 Å². The van der Waals surface area contributed by atoms with Crippen molar-refractivity contribution >= 4 is 209 Å². The molecule has 10 aliphatic heterocycles. The predicted octanol–water partition coefficient (Wildman–Crippen LogP) is 20.3. The van der Waals surface area contributed by atoms with Gasteiger partial charge in [-0.2, -0.15) is 21.5 Å². The molecule has 148 heavy (non-hydrogen) atoms. The number of amides is 5. The molecule has 34 nitrogen and oxygen atoms in total. The molecule has 5 aromatic heterocycles. The number of halogens is 4. The third-order valence-electron chi connectivity index (χ3n) is 28.5. The normalized spacial score (nSPS) is 18.5. The molecule has 5 saturated heterocycles. The molecule has 46 heteroatoms. The van der Waals surface area contributed by atoms with Gasteiger partial charge >= 0.3 is 30.5 Å². The van der Waals surface area contributed by atoms with Crippen LogP contribution < -0.4 is 24.5 Å². The minimum absolute atomic E-state index is 0.00237. The number of fused-ring (bicyclic) bond motifs is 8. The zero-order valence-electron chi connectivity index (χ0n) is 81.2. The van der Waals surface area contributed by atoms with Crippen LogP contribution in [0.5, 0.6) is 0 Å². The summed E-state index contributed by atoms with van der Waals surface area (Å²) in [7, 11) is -18.3. The first kappa shape index (κ1) is 106. The maximum atomic E-state index is 13.3. The number of carbonyl (C=O) groups excluding carboxylic acids is 5. The highest BCUT2D eigenvalue weighted by molar-refractivity contribution is 7.90. The van der Waals surface area contributed by atoms with Crippen molar-refractivity contribution in [2.24, 2.45) is 0 Å². The average molecular weight is 2250 g/mol. The summed E-state index contributed by atoms with van der Waals surface area (Å²) in [6.45, 7) is 14.5. The number of hydrogen-bond donors (Lipinski definition) is 0. The number of piperidine rings is 5. The van der Waals surface area contributed by atoms with Crippen molar-refractivity contribution in [1.29, 1.82) is 0 Å². The predicted molar refractivity (Wildman–Crippen MR) is 568 cm³/mol. The van der Waals surface area contributed by atoms with Gasteiger partial charge < -0.3 is 23.7 Å². The maximum Gasteiger partial charge on any atom is 0.414 e. The van der Waals surface area contributed by atoms with Gasteiger partial charge in [0.1, 0.15) is 37.9 Å². The molecule has 0 N–H and O–H groups in total. The summed E-state index contributed by atoms with van der Waals surface area (Å²) in [5.74, 6) is 0. The highest BCUT2D eigenvalue weighted by Crippen LogP contribution is 2.45. The van der Waals surface area contributed by atoms with Crippen LogP contribution in [-0.4, -0.2) is 209 Å². The van der Waals surface area contributed by atoms with Crippen LogP contribution in [0.25, 0.3) is 20.0 Å². The summed E-state index contributed by atoms with van der Waals surface area (Å²) in [6.07, 6.45) is 8.50. The Labute approximate surface area is 890 Å². The summed E-state index contributed by atoms with van der Waals surface area (Å²) < 4.78 is 170. The number of sulfonamides is 5. The number of ether oxygens (including phenoxy) is 5. The van der Waals surface area contributed by atoms with E-state index in [4.69, 9.17) is 70.1 Å². The van der Waals surface area contributed by atoms with Gasteiger partial charge in [0.05, 0.1) is 38.2 Å². The van der Waals surface area contributed by atoms with E-state index in [0.717, 1.165) is 107 Å². The second-order valence-corrected chi connectivity index (χ2v) is 50.9. The maximum absolute atomic E-state index is 13.3. The largest absolute Gasteiger partial charge is 0.444 e. The molecule has 15 heterocycles. The monoisotopic (exact) mass is 2240 g/mol. The lowest BCUT2D eigenvalue weighted by Crippen LogP contribution is -2.50. The van der Waals surface area contributed by atoms with Gasteiger partial charge in [-0.3, -0.25) is 33.3 Å². The molecule has 5 amide bonds. The van der Waals surface area contributed by atoms with E-state index in [1.807, 2.05) is 144 Å². The van der Waals surface area contributed by atoms with Gasteiger partial charge in [0.25, 0.3) is 20.0 Å². The Hall–Kier alpha value is -10.9. The third kappa shape index (κ3) is 21.0. The Kier molecular flexibility index (Phi) is 31.3. The van der Waals surface area contributed by atoms with Crippen LogP contribution in [-0.2, 0) is 120 Å². The molecule has 0 radical (unpaired) electrons. The van der Waals surface area contributed by atoms with Crippen molar-refractivity contribution in [1.82, 2.24) is 40.3 Å². The van der Waals surface area contributed by atoms with E-state index >= 15 is 0 Å². The van der Waals surface area contributed by atoms with Gasteiger partial charge in [-0.05, 0) is 192 Å². The van der Waals surface area contributed by atoms with E-state index in [-0.39, 0.29) is 128 Å². The fraction of sp³-hybridized carbons (Fsp3) is 0.363. The number of benzene rings is 8. The molecule has 23 rings (SSSR count). The van der Waals surface area contributed by atoms with E-state index in [9.17, 15) is 66.1 Å². The van der Waals surface area contributed by atoms with Gasteiger partial charge in [-0.25, -0.2) is 76.0 Å². The average Bonchev–Trinajstić information content (AvgIpc) is 1.56. The summed E-state index contributed by atoms with van der Waals surface area (Å²) in [4.78, 5) is 81.4. The Balaban J connectivity index is 0.000000116. The molecule has 0 unspecified atom stereocenters. The number of carbonyl (C=O) groups is 5. The van der Waals surface area contributed by atoms with Crippen molar-refractivity contribution in [3.05, 3.63) is 268 Å². The van der Waals surface area contributed by atoms with Crippen LogP contribution in [0, 0.1) is 20.8 Å². The van der Waals surface area contributed by atoms with Crippen molar-refractivity contribution in [3.8, 4) is 0 Å². The van der Waals surface area contributed by atoms with E-state index in [0.29, 0.717) is 138 Å². The summed E-state index contributed by atoms with van der Waals surface area (Å²) in [5, 5.41) is 7.13. The number of aromatic nitrogens is 4. The molecule has 13 aromatic rings. The second kappa shape index (κ2) is 43.8. The van der Waals surface area contributed by atoms with Gasteiger partial charge in [-0.15, -0.1) is 34.0 Å². The molecular formula is C102H106Cl4N14O20S8. The SMILES string of the molecule is CCc1ccc(S(=O)(=O)N2CCC(N3C(=O)OCc4cc(Cl)ccc43)CC2)cc1.CCc1ccc(S(=O)(=O)N2CCC(N3C(=O)OCc4cccc(C)c43)CC2)cc1.Cc1cccc2c1N(C1CCN(S(=O)(=O)c3c(Cl)nc4sccn34)CC1)C(=O)OC2.Cc1cccc2c1N(C1CCN(S(=O)(=O)c3csc4ccccc34)CC1)C(=O)OC2.O=C1OCc2cc(Cl)ccc2N1C1CCN(S(=O)(=O)c2c(Cl)nc3sccn23)CC1. The minimum atomic E-state index is -3.82. The number of rotatable bonds is 17. The van der Waals surface area contributed by atoms with Crippen LogP contribution in [0.3, 0.4) is 0 Å². The van der Waals surface area contributed by atoms with Gasteiger partial charge in [0, 0.05) is 172 Å². The molecule has 780 valence electrons. The fourth-order valence-electron chi connectivity index (χ4n) is 20.8. The highest BCUT2D eigenvalue weighted by Gasteiger charge is 2.47. The number of thiazole rings is 2. The smallest absolute Gasteiger partial charge is 0.414 e. The van der Waals surface area contributed by atoms with Gasteiger partial charge in [0.15, 0.2) is 30.3 Å². The van der Waals surface area contributed by atoms with E-state index in [1.165, 1.54) is 60.0 Å². The van der Waals surface area contributed by atoms with Crippen molar-refractivity contribution < 1.29 is 89.7 Å². The quantitative estimate of drug-likeness (QED) is 0.0764. The van der Waals surface area contributed by atoms with Gasteiger partial charge in [0.2, 0.25) is 30.1 Å². The number of nitrogens with zero attached hydrogens (tertiary/aromatic N) is 14. The standard InChI is InChI=1S/C22H22N2O4S2.C22H26N2O4S.C21H23ClN2O4S.C19H19ClN4O4S2.C18H16Cl2N4O4S2/c1-15-5-4-6-16-13-28-22(25)24(21(15)16)17-9-11-23(12-10-17)30(26,27)20-14-29-19-8-3-2-7-18(19)20;1-3-17-7-9-20(10-8-17)29(26,27)23-13-11-19(12-14-23)24-21-16(2)5-4-6-18(21)15-28-22(24)25;1-2-15-3-6-19(7-4-15)29(26,27)23-11-9-18(10-12-23)24-20-8-5-17(22)13-16(20)14-28-21(24)25;1-12-3-2-4-13-11-28-19(25)24(15(12)13)14-5-7-22(8-6-14)30(26,27)17-16(20)21-18-23(17)9-10-29-18;19-12-1-2-14-11(9-12)10-28-18(25)24(14)13-3-5-22(6-4-13)30(26,27)16-15(20)21-17-23(16)7-8-29-17/h2-8,14,17H,9-13H2,1H3;4-10,19H,3,11-15H2,1-2H3;3-8,13,18H,2,9-12,14H2,1H3;2-4,9-10,14H,5-8,11H2,1H3;1-2,7-9,13H,3-6,10H2. The lowest BCUT2D eigenvalue weighted by molar-refractivity contribution is 0.135. The van der Waals surface area contributed by atoms with Crippen LogP contribution in [0.1, 0.15) is 134 Å². The van der Waals surface area contributed by atoms with E-state index in [1.54, 1.807) is 112 Å². The van der Waals surface area contributed by atoms with Crippen LogP contribution in [0.2, 0.25) is 20.4 Å². The molecule has 8 aromatic carbocycles. The molecule has 10 aliphatic rings.